The van der Waals surface area contributed by atoms with Crippen LogP contribution < -0.4 is 0 Å². The Morgan fingerprint density at radius 1 is 1.45 bits per heavy atom. The van der Waals surface area contributed by atoms with Crippen LogP contribution in [-0.4, -0.2) is 34.9 Å². The molecule has 1 aromatic rings. The maximum absolute atomic E-state index is 11.5. The van der Waals surface area contributed by atoms with Crippen LogP contribution in [0.4, 0.5) is 0 Å². The highest BCUT2D eigenvalue weighted by Gasteiger charge is 2.33. The van der Waals surface area contributed by atoms with Gasteiger partial charge >= 0.3 is 0 Å². The molecule has 0 amide bonds. The normalized spacial score (nSPS) is 13.2. The van der Waals surface area contributed by atoms with Crippen molar-refractivity contribution in [3.63, 3.8) is 0 Å². The van der Waals surface area contributed by atoms with Crippen LogP contribution >= 0.6 is 23.8 Å². The first-order valence-corrected chi connectivity index (χ1v) is 7.85. The van der Waals surface area contributed by atoms with Crippen LogP contribution in [0.25, 0.3) is 0 Å². The van der Waals surface area contributed by atoms with Gasteiger partial charge in [-0.1, -0.05) is 42.0 Å². The Morgan fingerprint density at radius 2 is 2.05 bits per heavy atom. The average molecular weight is 341 g/mol. The molecule has 0 saturated carbocycles. The van der Waals surface area contributed by atoms with Crippen LogP contribution in [0.5, 0.6) is 0 Å². The number of hydrogen-bond acceptors (Lipinski definition) is 3. The van der Waals surface area contributed by atoms with Gasteiger partial charge < -0.3 is 4.90 Å². The molecule has 0 unspecified atom stereocenters. The van der Waals surface area contributed by atoms with Gasteiger partial charge in [-0.15, -0.1) is 6.58 Å². The molecule has 0 N–H and O–H groups in total. The molecule has 2 atom stereocenters. The molecule has 0 aliphatic rings. The summed E-state index contributed by atoms with van der Waals surface area (Å²) >= 11 is 11.3. The molecule has 0 spiro atoms. The fourth-order valence-corrected chi connectivity index (χ4v) is 2.60. The molecule has 120 valence electrons. The SMILES string of the molecule is C=CCC[C@H]([C@H](CC(=S)N(C)C)c1ccc(Cl)cc1)[N+](=O)[O-]. The van der Waals surface area contributed by atoms with E-state index in [1.807, 2.05) is 31.1 Å². The Kier molecular flexibility index (Phi) is 7.48. The van der Waals surface area contributed by atoms with Crippen LogP contribution in [-0.2, 0) is 0 Å². The van der Waals surface area contributed by atoms with E-state index in [0.29, 0.717) is 29.3 Å². The fourth-order valence-electron chi connectivity index (χ4n) is 2.30. The number of rotatable bonds is 8. The lowest BCUT2D eigenvalue weighted by Crippen LogP contribution is -2.32. The zero-order valence-corrected chi connectivity index (χ0v) is 14.4. The monoisotopic (exact) mass is 340 g/mol. The molecule has 22 heavy (non-hydrogen) atoms. The Morgan fingerprint density at radius 3 is 2.50 bits per heavy atom. The summed E-state index contributed by atoms with van der Waals surface area (Å²) in [7, 11) is 3.71. The van der Waals surface area contributed by atoms with Gasteiger partial charge in [0.2, 0.25) is 6.04 Å². The van der Waals surface area contributed by atoms with Gasteiger partial charge in [0.15, 0.2) is 0 Å². The molecule has 6 heteroatoms. The second-order valence-corrected chi connectivity index (χ2v) is 6.28. The second-order valence-electron chi connectivity index (χ2n) is 5.37. The van der Waals surface area contributed by atoms with Crippen LogP contribution in [0.3, 0.4) is 0 Å². The fraction of sp³-hybridized carbons (Fsp3) is 0.438. The van der Waals surface area contributed by atoms with Crippen LogP contribution in [0.15, 0.2) is 36.9 Å². The molecule has 0 fully saturated rings. The van der Waals surface area contributed by atoms with E-state index in [9.17, 15) is 10.1 Å². The van der Waals surface area contributed by atoms with Crippen molar-refractivity contribution in [3.8, 4) is 0 Å². The van der Waals surface area contributed by atoms with Crippen LogP contribution in [0, 0.1) is 10.1 Å². The summed E-state index contributed by atoms with van der Waals surface area (Å²) in [6.07, 6.45) is 3.22. The van der Waals surface area contributed by atoms with Crippen molar-refractivity contribution >= 4 is 28.8 Å². The molecule has 1 rings (SSSR count). The second kappa shape index (κ2) is 8.86. The number of hydrogen-bond donors (Lipinski definition) is 0. The number of halogens is 1. The summed E-state index contributed by atoms with van der Waals surface area (Å²) in [6, 6.07) is 6.50. The van der Waals surface area contributed by atoms with Gasteiger partial charge in [-0.3, -0.25) is 10.1 Å². The van der Waals surface area contributed by atoms with Crippen LogP contribution in [0.2, 0.25) is 5.02 Å². The van der Waals surface area contributed by atoms with Crippen molar-refractivity contribution < 1.29 is 4.92 Å². The maximum atomic E-state index is 11.5. The minimum absolute atomic E-state index is 0.207. The summed E-state index contributed by atoms with van der Waals surface area (Å²) < 4.78 is 0. The largest absolute Gasteiger partial charge is 0.372 e. The van der Waals surface area contributed by atoms with E-state index in [1.54, 1.807) is 18.2 Å². The summed E-state index contributed by atoms with van der Waals surface area (Å²) in [5.74, 6) is -0.276. The first-order chi connectivity index (χ1) is 10.4. The lowest BCUT2D eigenvalue weighted by molar-refractivity contribution is -0.527. The van der Waals surface area contributed by atoms with E-state index in [0.717, 1.165) is 5.56 Å². The summed E-state index contributed by atoms with van der Waals surface area (Å²) in [5.41, 5.74) is 0.888. The summed E-state index contributed by atoms with van der Waals surface area (Å²) in [6.45, 7) is 3.65. The highest BCUT2D eigenvalue weighted by molar-refractivity contribution is 7.80. The van der Waals surface area contributed by atoms with E-state index in [1.165, 1.54) is 0 Å². The lowest BCUT2D eigenvalue weighted by Gasteiger charge is -2.24. The first-order valence-electron chi connectivity index (χ1n) is 7.06. The van der Waals surface area contributed by atoms with E-state index in [4.69, 9.17) is 23.8 Å². The van der Waals surface area contributed by atoms with Crippen molar-refractivity contribution in [2.75, 3.05) is 14.1 Å². The molecular formula is C16H21ClN2O2S. The van der Waals surface area contributed by atoms with Crippen LogP contribution in [0.1, 0.15) is 30.7 Å². The molecule has 0 saturated heterocycles. The highest BCUT2D eigenvalue weighted by atomic mass is 35.5. The van der Waals surface area contributed by atoms with E-state index in [2.05, 4.69) is 6.58 Å². The predicted octanol–water partition coefficient (Wildman–Crippen LogP) is 4.31. The van der Waals surface area contributed by atoms with Gasteiger partial charge in [-0.05, 0) is 24.1 Å². The smallest absolute Gasteiger partial charge is 0.220 e. The Bertz CT molecular complexity index is 531. The van der Waals surface area contributed by atoms with Gasteiger partial charge in [0.05, 0.1) is 10.9 Å². The Hall–Kier alpha value is -1.46. The molecule has 1 aromatic carbocycles. The number of nitrogens with zero attached hydrogens (tertiary/aromatic N) is 2. The lowest BCUT2D eigenvalue weighted by atomic mass is 9.86. The van der Waals surface area contributed by atoms with E-state index >= 15 is 0 Å². The van der Waals surface area contributed by atoms with Gasteiger partial charge in [-0.25, -0.2) is 0 Å². The highest BCUT2D eigenvalue weighted by Crippen LogP contribution is 2.30. The average Bonchev–Trinajstić information content (AvgIpc) is 2.46. The maximum Gasteiger partial charge on any atom is 0.220 e. The molecule has 4 nitrogen and oxygen atoms in total. The third-order valence-electron chi connectivity index (χ3n) is 3.59. The molecule has 0 bridgehead atoms. The zero-order chi connectivity index (χ0) is 16.7. The molecule has 0 aliphatic carbocycles. The van der Waals surface area contributed by atoms with Crippen molar-refractivity contribution in [3.05, 3.63) is 57.6 Å². The third-order valence-corrected chi connectivity index (χ3v) is 4.38. The third kappa shape index (κ3) is 5.39. The summed E-state index contributed by atoms with van der Waals surface area (Å²) in [4.78, 5) is 13.8. The van der Waals surface area contributed by atoms with Gasteiger partial charge in [-0.2, -0.15) is 0 Å². The predicted molar refractivity (Wildman–Crippen MR) is 95.3 cm³/mol. The molecule has 0 aromatic heterocycles. The quantitative estimate of drug-likeness (QED) is 0.306. The van der Waals surface area contributed by atoms with Gasteiger partial charge in [0.1, 0.15) is 0 Å². The minimum Gasteiger partial charge on any atom is -0.372 e. The Labute approximate surface area is 141 Å². The van der Waals surface area contributed by atoms with Crippen molar-refractivity contribution in [1.82, 2.24) is 4.90 Å². The Balaban J connectivity index is 3.12. The standard InChI is InChI=1S/C16H21ClN2O2S/c1-4-5-6-15(19(20)21)14(11-16(22)18(2)3)12-7-9-13(17)10-8-12/h4,7-10,14-15H,1,5-6,11H2,2-3H3/t14-,15-/m1/s1. The van der Waals surface area contributed by atoms with E-state index in [-0.39, 0.29) is 10.8 Å². The topological polar surface area (TPSA) is 46.4 Å². The minimum atomic E-state index is -0.697. The number of thiocarbonyl (C=S) groups is 1. The number of allylic oxidation sites excluding steroid dienone is 1. The number of benzene rings is 1. The van der Waals surface area contributed by atoms with Gasteiger partial charge in [0.25, 0.3) is 0 Å². The molecule has 0 radical (unpaired) electrons. The molecule has 0 aliphatic heterocycles. The number of nitro groups is 1. The zero-order valence-electron chi connectivity index (χ0n) is 12.9. The van der Waals surface area contributed by atoms with Gasteiger partial charge in [0, 0.05) is 36.9 Å². The molecular weight excluding hydrogens is 320 g/mol. The van der Waals surface area contributed by atoms with E-state index < -0.39 is 6.04 Å². The van der Waals surface area contributed by atoms with Crippen molar-refractivity contribution in [2.45, 2.75) is 31.2 Å². The van der Waals surface area contributed by atoms with Crippen molar-refractivity contribution in [2.24, 2.45) is 0 Å². The summed E-state index contributed by atoms with van der Waals surface area (Å²) in [5, 5.41) is 12.1. The van der Waals surface area contributed by atoms with Crippen molar-refractivity contribution in [1.29, 1.82) is 0 Å². The molecule has 0 heterocycles. The first kappa shape index (κ1) is 18.6.